The maximum atomic E-state index is 12.8. The number of likely N-dealkylation sites (N-methyl/N-ethyl adjacent to an activating group) is 1. The van der Waals surface area contributed by atoms with Crippen molar-refractivity contribution in [3.63, 3.8) is 0 Å². The summed E-state index contributed by atoms with van der Waals surface area (Å²) < 4.78 is 10.3. The number of hydrogen-bond acceptors (Lipinski definition) is 7. The Bertz CT molecular complexity index is 881. The Balaban J connectivity index is 1.62. The first kappa shape index (κ1) is 24.0. The number of ether oxygens (including phenoxy) is 2. The molecule has 0 radical (unpaired) electrons. The molecule has 0 atom stereocenters. The summed E-state index contributed by atoms with van der Waals surface area (Å²) in [5, 5.41) is 5.37. The Morgan fingerprint density at radius 1 is 1.16 bits per heavy atom. The number of benzene rings is 1. The first-order valence-electron chi connectivity index (χ1n) is 10.7. The van der Waals surface area contributed by atoms with Gasteiger partial charge in [-0.3, -0.25) is 4.79 Å². The smallest absolute Gasteiger partial charge is 0.322 e. The molecule has 2 heterocycles. The lowest BCUT2D eigenvalue weighted by atomic mass is 10.3. The average Bonchev–Trinajstić information content (AvgIpc) is 3.30. The van der Waals surface area contributed by atoms with Gasteiger partial charge < -0.3 is 29.5 Å². The van der Waals surface area contributed by atoms with Crippen LogP contribution in [0.25, 0.3) is 0 Å². The van der Waals surface area contributed by atoms with Gasteiger partial charge in [-0.2, -0.15) is 0 Å². The number of aromatic nitrogens is 1. The van der Waals surface area contributed by atoms with Gasteiger partial charge in [0.05, 0.1) is 20.3 Å². The highest BCUT2D eigenvalue weighted by molar-refractivity contribution is 7.09. The first-order valence-corrected chi connectivity index (χ1v) is 11.6. The minimum atomic E-state index is -0.258. The van der Waals surface area contributed by atoms with E-state index >= 15 is 0 Å². The number of hydrogen-bond donors (Lipinski definition) is 1. The van der Waals surface area contributed by atoms with Gasteiger partial charge in [0.15, 0.2) is 0 Å². The van der Waals surface area contributed by atoms with Crippen molar-refractivity contribution in [3.8, 4) is 5.75 Å². The molecule has 3 amide bonds. The predicted molar refractivity (Wildman–Crippen MR) is 124 cm³/mol. The first-order chi connectivity index (χ1) is 15.5. The van der Waals surface area contributed by atoms with E-state index in [1.807, 2.05) is 4.90 Å². The quantitative estimate of drug-likeness (QED) is 0.618. The van der Waals surface area contributed by atoms with Crippen molar-refractivity contribution in [1.82, 2.24) is 19.7 Å². The lowest BCUT2D eigenvalue weighted by Crippen LogP contribution is -2.48. The Morgan fingerprint density at radius 2 is 1.88 bits per heavy atom. The monoisotopic (exact) mass is 461 g/mol. The number of amides is 3. The van der Waals surface area contributed by atoms with E-state index in [1.54, 1.807) is 48.8 Å². The van der Waals surface area contributed by atoms with E-state index in [4.69, 9.17) is 9.47 Å². The number of urea groups is 1. The molecule has 10 heteroatoms. The van der Waals surface area contributed by atoms with Crippen molar-refractivity contribution >= 4 is 29.0 Å². The fourth-order valence-electron chi connectivity index (χ4n) is 3.40. The molecule has 9 nitrogen and oxygen atoms in total. The molecule has 0 unspecified atom stereocenters. The molecule has 1 aromatic carbocycles. The van der Waals surface area contributed by atoms with Crippen LogP contribution in [-0.2, 0) is 11.3 Å². The SMILES string of the molecule is CCN1CCN(C(=O)c2csc(CN(CCOC)C(=O)Nc3ccc(OC)cc3)n2)CC1. The summed E-state index contributed by atoms with van der Waals surface area (Å²) in [7, 11) is 3.19. The van der Waals surface area contributed by atoms with Gasteiger partial charge in [-0.1, -0.05) is 6.92 Å². The third-order valence-corrected chi connectivity index (χ3v) is 6.23. The van der Waals surface area contributed by atoms with Gasteiger partial charge >= 0.3 is 6.03 Å². The second-order valence-corrected chi connectivity index (χ2v) is 8.37. The molecule has 0 spiro atoms. The van der Waals surface area contributed by atoms with Crippen LogP contribution in [0.5, 0.6) is 5.75 Å². The molecule has 1 aliphatic heterocycles. The number of anilines is 1. The number of thiazole rings is 1. The van der Waals surface area contributed by atoms with E-state index in [0.717, 1.165) is 25.4 Å². The molecule has 1 aliphatic rings. The number of carbonyl (C=O) groups excluding carboxylic acids is 2. The zero-order chi connectivity index (χ0) is 22.9. The van der Waals surface area contributed by atoms with Crippen LogP contribution in [0.3, 0.4) is 0 Å². The molecule has 1 aromatic heterocycles. The van der Waals surface area contributed by atoms with Crippen LogP contribution in [0.2, 0.25) is 0 Å². The van der Waals surface area contributed by atoms with Gasteiger partial charge in [-0.05, 0) is 30.8 Å². The van der Waals surface area contributed by atoms with Crippen LogP contribution in [0, 0.1) is 0 Å². The molecule has 1 N–H and O–H groups in total. The Labute approximate surface area is 192 Å². The van der Waals surface area contributed by atoms with E-state index in [2.05, 4.69) is 22.1 Å². The third-order valence-electron chi connectivity index (χ3n) is 5.40. The minimum Gasteiger partial charge on any atom is -0.497 e. The number of piperazine rings is 1. The summed E-state index contributed by atoms with van der Waals surface area (Å²) in [6.45, 7) is 7.42. The van der Waals surface area contributed by atoms with Crippen LogP contribution in [0.4, 0.5) is 10.5 Å². The maximum Gasteiger partial charge on any atom is 0.322 e. The van der Waals surface area contributed by atoms with Crippen molar-refractivity contribution in [1.29, 1.82) is 0 Å². The van der Waals surface area contributed by atoms with E-state index in [1.165, 1.54) is 11.3 Å². The Kier molecular flexibility index (Phi) is 8.83. The largest absolute Gasteiger partial charge is 0.497 e. The van der Waals surface area contributed by atoms with Gasteiger partial charge in [0.1, 0.15) is 16.5 Å². The Morgan fingerprint density at radius 3 is 2.50 bits per heavy atom. The van der Waals surface area contributed by atoms with E-state index in [-0.39, 0.29) is 11.9 Å². The van der Waals surface area contributed by atoms with E-state index < -0.39 is 0 Å². The zero-order valence-electron chi connectivity index (χ0n) is 18.9. The second-order valence-electron chi connectivity index (χ2n) is 7.43. The molecule has 3 rings (SSSR count). The van der Waals surface area contributed by atoms with Crippen molar-refractivity contribution in [2.75, 3.05) is 65.4 Å². The van der Waals surface area contributed by atoms with Crippen LogP contribution in [0.15, 0.2) is 29.6 Å². The summed E-state index contributed by atoms with van der Waals surface area (Å²) in [6.07, 6.45) is 0. The molecular formula is C22H31N5O4S. The molecule has 0 aliphatic carbocycles. The van der Waals surface area contributed by atoms with Crippen LogP contribution in [0.1, 0.15) is 22.4 Å². The van der Waals surface area contributed by atoms with Crippen LogP contribution < -0.4 is 10.1 Å². The molecular weight excluding hydrogens is 430 g/mol. The lowest BCUT2D eigenvalue weighted by molar-refractivity contribution is 0.0638. The van der Waals surface area contributed by atoms with Crippen LogP contribution >= 0.6 is 11.3 Å². The average molecular weight is 462 g/mol. The van der Waals surface area contributed by atoms with Gasteiger partial charge in [-0.25, -0.2) is 9.78 Å². The molecule has 174 valence electrons. The summed E-state index contributed by atoms with van der Waals surface area (Å²) >= 11 is 1.39. The number of nitrogens with one attached hydrogen (secondary N) is 1. The van der Waals surface area contributed by atoms with Gasteiger partial charge in [0.25, 0.3) is 5.91 Å². The van der Waals surface area contributed by atoms with Crippen molar-refractivity contribution in [2.24, 2.45) is 0 Å². The minimum absolute atomic E-state index is 0.0469. The highest BCUT2D eigenvalue weighted by Gasteiger charge is 2.24. The summed E-state index contributed by atoms with van der Waals surface area (Å²) in [5.74, 6) is 0.671. The fraction of sp³-hybridized carbons (Fsp3) is 0.500. The van der Waals surface area contributed by atoms with E-state index in [9.17, 15) is 9.59 Å². The highest BCUT2D eigenvalue weighted by atomic mass is 32.1. The Hall–Kier alpha value is -2.69. The number of nitrogens with zero attached hydrogens (tertiary/aromatic N) is 4. The zero-order valence-corrected chi connectivity index (χ0v) is 19.7. The molecule has 2 aromatic rings. The molecule has 0 bridgehead atoms. The third kappa shape index (κ3) is 6.41. The molecule has 1 fully saturated rings. The topological polar surface area (TPSA) is 87.2 Å². The molecule has 32 heavy (non-hydrogen) atoms. The fourth-order valence-corrected chi connectivity index (χ4v) is 4.19. The summed E-state index contributed by atoms with van der Waals surface area (Å²) in [5.41, 5.74) is 1.11. The van der Waals surface area contributed by atoms with Crippen LogP contribution in [-0.4, -0.2) is 91.7 Å². The van der Waals surface area contributed by atoms with Crippen molar-refractivity contribution in [3.05, 3.63) is 40.3 Å². The number of methoxy groups -OCH3 is 2. The number of carbonyl (C=O) groups is 2. The standard InChI is InChI=1S/C22H31N5O4S/c1-4-25-9-11-26(12-10-25)21(28)19-16-32-20(24-19)15-27(13-14-30-2)22(29)23-17-5-7-18(31-3)8-6-17/h5-8,16H,4,9-15H2,1-3H3,(H,23,29). The van der Waals surface area contributed by atoms with Gasteiger partial charge in [-0.15, -0.1) is 11.3 Å². The summed E-state index contributed by atoms with van der Waals surface area (Å²) in [6, 6.07) is 6.88. The van der Waals surface area contributed by atoms with Crippen molar-refractivity contribution in [2.45, 2.75) is 13.5 Å². The van der Waals surface area contributed by atoms with Crippen molar-refractivity contribution < 1.29 is 19.1 Å². The molecule has 0 saturated carbocycles. The van der Waals surface area contributed by atoms with E-state index in [0.29, 0.717) is 49.2 Å². The van der Waals surface area contributed by atoms with Gasteiger partial charge in [0, 0.05) is 50.9 Å². The maximum absolute atomic E-state index is 12.8. The lowest BCUT2D eigenvalue weighted by Gasteiger charge is -2.33. The predicted octanol–water partition coefficient (Wildman–Crippen LogP) is 2.61. The highest BCUT2D eigenvalue weighted by Crippen LogP contribution is 2.18. The summed E-state index contributed by atoms with van der Waals surface area (Å²) in [4.78, 5) is 36.0. The normalized spacial score (nSPS) is 14.3. The second kappa shape index (κ2) is 11.8. The molecule has 1 saturated heterocycles. The number of rotatable bonds is 9. The van der Waals surface area contributed by atoms with Gasteiger partial charge in [0.2, 0.25) is 0 Å².